The van der Waals surface area contributed by atoms with Gasteiger partial charge in [-0.3, -0.25) is 0 Å². The van der Waals surface area contributed by atoms with Crippen LogP contribution in [0.15, 0.2) is 109 Å². The number of hydrogen-bond acceptors (Lipinski definition) is 1. The van der Waals surface area contributed by atoms with E-state index in [4.69, 9.17) is 0 Å². The van der Waals surface area contributed by atoms with Gasteiger partial charge in [-0.05, 0) is 34.4 Å². The Kier molecular flexibility index (Phi) is 3.39. The van der Waals surface area contributed by atoms with Crippen LogP contribution in [0.25, 0.3) is 70.8 Å². The van der Waals surface area contributed by atoms with E-state index in [1.807, 2.05) is 18.3 Å². The lowest BCUT2D eigenvalue weighted by atomic mass is 9.95. The van der Waals surface area contributed by atoms with Crippen LogP contribution in [0.2, 0.25) is 0 Å². The van der Waals surface area contributed by atoms with Gasteiger partial charge in [-0.1, -0.05) is 78.9 Å². The lowest BCUT2D eigenvalue weighted by Gasteiger charge is -2.10. The predicted molar refractivity (Wildman–Crippen MR) is 143 cm³/mol. The Morgan fingerprint density at radius 1 is 0.500 bits per heavy atom. The van der Waals surface area contributed by atoms with Gasteiger partial charge >= 0.3 is 0 Å². The standard InChI is InChI=1S/C31H19N3/c1-3-11-21-19(9-1)20-10-2-4-12-22(20)29-27(21)28-25-16-18-34(26-15-7-8-17-32-26)31(25)24-14-6-5-13-23(24)30(28)33-29/h1-18,33H. The summed E-state index contributed by atoms with van der Waals surface area (Å²) in [5, 5.41) is 11.4. The van der Waals surface area contributed by atoms with E-state index in [9.17, 15) is 0 Å². The molecule has 0 radical (unpaired) electrons. The van der Waals surface area contributed by atoms with Crippen LogP contribution < -0.4 is 0 Å². The molecule has 3 aromatic heterocycles. The van der Waals surface area contributed by atoms with Gasteiger partial charge in [0.25, 0.3) is 0 Å². The summed E-state index contributed by atoms with van der Waals surface area (Å²) in [6.07, 6.45) is 4.01. The van der Waals surface area contributed by atoms with Gasteiger partial charge in [0, 0.05) is 44.7 Å². The monoisotopic (exact) mass is 433 g/mol. The first-order chi connectivity index (χ1) is 16.9. The fourth-order valence-electron chi connectivity index (χ4n) is 5.82. The van der Waals surface area contributed by atoms with Crippen LogP contribution in [-0.2, 0) is 0 Å². The van der Waals surface area contributed by atoms with Crippen molar-refractivity contribution in [2.24, 2.45) is 0 Å². The molecule has 1 N–H and O–H groups in total. The normalized spacial score (nSPS) is 12.1. The number of fused-ring (bicyclic) bond motifs is 13. The molecule has 0 aliphatic carbocycles. The number of pyridine rings is 1. The molecule has 0 aliphatic heterocycles. The zero-order valence-corrected chi connectivity index (χ0v) is 18.3. The largest absolute Gasteiger partial charge is 0.353 e. The molecular weight excluding hydrogens is 414 g/mol. The zero-order chi connectivity index (χ0) is 22.2. The molecular formula is C31H19N3. The molecule has 158 valence electrons. The maximum absolute atomic E-state index is 4.65. The van der Waals surface area contributed by atoms with Crippen molar-refractivity contribution in [1.29, 1.82) is 0 Å². The van der Waals surface area contributed by atoms with E-state index < -0.39 is 0 Å². The third kappa shape index (κ3) is 2.18. The van der Waals surface area contributed by atoms with Crippen molar-refractivity contribution in [2.75, 3.05) is 0 Å². The highest BCUT2D eigenvalue weighted by Crippen LogP contribution is 2.44. The minimum atomic E-state index is 0.928. The molecule has 0 atom stereocenters. The van der Waals surface area contributed by atoms with Gasteiger partial charge in [-0.15, -0.1) is 0 Å². The van der Waals surface area contributed by atoms with E-state index in [0.29, 0.717) is 0 Å². The van der Waals surface area contributed by atoms with Gasteiger partial charge in [-0.2, -0.15) is 0 Å². The van der Waals surface area contributed by atoms with Crippen LogP contribution >= 0.6 is 0 Å². The van der Waals surface area contributed by atoms with Crippen molar-refractivity contribution in [1.82, 2.24) is 14.5 Å². The van der Waals surface area contributed by atoms with Gasteiger partial charge < -0.3 is 9.55 Å². The van der Waals surface area contributed by atoms with Gasteiger partial charge in [-0.25, -0.2) is 4.98 Å². The molecule has 0 aliphatic rings. The minimum absolute atomic E-state index is 0.928. The Morgan fingerprint density at radius 3 is 1.76 bits per heavy atom. The second kappa shape index (κ2) is 6.46. The molecule has 8 rings (SSSR count). The van der Waals surface area contributed by atoms with Crippen molar-refractivity contribution in [3.63, 3.8) is 0 Å². The first-order valence-corrected chi connectivity index (χ1v) is 11.6. The molecule has 0 spiro atoms. The van der Waals surface area contributed by atoms with Crippen LogP contribution in [0.4, 0.5) is 0 Å². The van der Waals surface area contributed by atoms with Crippen LogP contribution in [0.1, 0.15) is 0 Å². The van der Waals surface area contributed by atoms with Crippen LogP contribution in [0.3, 0.4) is 0 Å². The first kappa shape index (κ1) is 17.9. The topological polar surface area (TPSA) is 33.6 Å². The maximum Gasteiger partial charge on any atom is 0.137 e. The number of benzene rings is 5. The number of H-pyrrole nitrogens is 1. The minimum Gasteiger partial charge on any atom is -0.353 e. The number of hydrogen-bond donors (Lipinski definition) is 1. The summed E-state index contributed by atoms with van der Waals surface area (Å²) < 4.78 is 2.22. The van der Waals surface area contributed by atoms with Gasteiger partial charge in [0.05, 0.1) is 16.6 Å². The highest BCUT2D eigenvalue weighted by Gasteiger charge is 2.20. The predicted octanol–water partition coefficient (Wildman–Crippen LogP) is 8.12. The molecule has 0 fully saturated rings. The number of aromatic nitrogens is 3. The Balaban J connectivity index is 1.71. The molecule has 3 nitrogen and oxygen atoms in total. The number of nitrogens with zero attached hydrogens (tertiary/aromatic N) is 2. The Morgan fingerprint density at radius 2 is 1.06 bits per heavy atom. The molecule has 0 bridgehead atoms. The van der Waals surface area contributed by atoms with Crippen molar-refractivity contribution in [2.45, 2.75) is 0 Å². The average Bonchev–Trinajstić information content (AvgIpc) is 3.53. The number of nitrogens with one attached hydrogen (secondary N) is 1. The van der Waals surface area contributed by atoms with E-state index >= 15 is 0 Å². The van der Waals surface area contributed by atoms with Gasteiger partial charge in [0.2, 0.25) is 0 Å². The lowest BCUT2D eigenvalue weighted by molar-refractivity contribution is 1.05. The van der Waals surface area contributed by atoms with Crippen LogP contribution in [0.5, 0.6) is 0 Å². The number of rotatable bonds is 1. The lowest BCUT2D eigenvalue weighted by Crippen LogP contribution is -1.95. The maximum atomic E-state index is 4.65. The molecule has 0 saturated carbocycles. The highest BCUT2D eigenvalue weighted by atomic mass is 15.0. The summed E-state index contributed by atoms with van der Waals surface area (Å²) in [5.41, 5.74) is 3.59. The fraction of sp³-hybridized carbons (Fsp3) is 0. The van der Waals surface area contributed by atoms with E-state index in [0.717, 1.165) is 5.82 Å². The summed E-state index contributed by atoms with van der Waals surface area (Å²) in [5.74, 6) is 0.928. The van der Waals surface area contributed by atoms with E-state index in [-0.39, 0.29) is 0 Å². The van der Waals surface area contributed by atoms with Crippen LogP contribution in [0, 0.1) is 0 Å². The SMILES string of the molecule is c1ccc(-n2ccc3c4c([nH]c5c6ccccc6c6ccccc6c54)c4ccccc4c32)nc1. The fourth-order valence-corrected chi connectivity index (χ4v) is 5.82. The molecule has 0 unspecified atom stereocenters. The van der Waals surface area contributed by atoms with Crippen molar-refractivity contribution < 1.29 is 0 Å². The first-order valence-electron chi connectivity index (χ1n) is 11.6. The van der Waals surface area contributed by atoms with E-state index in [2.05, 4.69) is 106 Å². The molecule has 0 amide bonds. The molecule has 34 heavy (non-hydrogen) atoms. The Labute approximate surface area is 194 Å². The van der Waals surface area contributed by atoms with E-state index in [1.54, 1.807) is 0 Å². The van der Waals surface area contributed by atoms with Crippen molar-refractivity contribution in [3.8, 4) is 5.82 Å². The molecule has 5 aromatic carbocycles. The summed E-state index contributed by atoms with van der Waals surface area (Å²) in [6, 6.07) is 34.5. The van der Waals surface area contributed by atoms with Crippen molar-refractivity contribution in [3.05, 3.63) is 109 Å². The summed E-state index contributed by atoms with van der Waals surface area (Å²) >= 11 is 0. The summed E-state index contributed by atoms with van der Waals surface area (Å²) in [7, 11) is 0. The smallest absolute Gasteiger partial charge is 0.137 e. The zero-order valence-electron chi connectivity index (χ0n) is 18.3. The molecule has 3 heteroatoms. The molecule has 3 heterocycles. The van der Waals surface area contributed by atoms with E-state index in [1.165, 1.54) is 65.0 Å². The number of aromatic amines is 1. The third-order valence-electron chi connectivity index (χ3n) is 7.19. The Bertz CT molecular complexity index is 2060. The average molecular weight is 434 g/mol. The second-order valence-electron chi connectivity index (χ2n) is 8.90. The summed E-state index contributed by atoms with van der Waals surface area (Å²) in [4.78, 5) is 8.53. The van der Waals surface area contributed by atoms with Gasteiger partial charge in [0.15, 0.2) is 0 Å². The highest BCUT2D eigenvalue weighted by molar-refractivity contribution is 6.39. The van der Waals surface area contributed by atoms with Crippen molar-refractivity contribution >= 4 is 65.0 Å². The second-order valence-corrected chi connectivity index (χ2v) is 8.90. The Hall–Kier alpha value is -4.63. The molecule has 0 saturated heterocycles. The molecule has 8 aromatic rings. The van der Waals surface area contributed by atoms with Crippen LogP contribution in [-0.4, -0.2) is 14.5 Å². The summed E-state index contributed by atoms with van der Waals surface area (Å²) in [6.45, 7) is 0. The quantitative estimate of drug-likeness (QED) is 0.261. The third-order valence-corrected chi connectivity index (χ3v) is 7.19. The van der Waals surface area contributed by atoms with Gasteiger partial charge in [0.1, 0.15) is 5.82 Å².